The topological polar surface area (TPSA) is 168 Å². The van der Waals surface area contributed by atoms with Crippen molar-refractivity contribution in [2.45, 2.75) is 37.4 Å². The summed E-state index contributed by atoms with van der Waals surface area (Å²) in [6, 6.07) is 5.62. The first kappa shape index (κ1) is 23.5. The zero-order valence-electron chi connectivity index (χ0n) is 17.9. The van der Waals surface area contributed by atoms with E-state index in [1.54, 1.807) is 6.07 Å². The van der Waals surface area contributed by atoms with Gasteiger partial charge in [-0.3, -0.25) is 15.2 Å². The Bertz CT molecular complexity index is 1400. The minimum absolute atomic E-state index is 0.0402. The summed E-state index contributed by atoms with van der Waals surface area (Å²) in [4.78, 5) is 31.7. The van der Waals surface area contributed by atoms with E-state index in [0.717, 1.165) is 18.7 Å². The molecule has 2 atom stereocenters. The van der Waals surface area contributed by atoms with E-state index in [4.69, 9.17) is 15.9 Å². The summed E-state index contributed by atoms with van der Waals surface area (Å²) < 4.78 is 38.2. The molecule has 0 amide bonds. The number of nitrogens with one attached hydrogen (secondary N) is 3. The Morgan fingerprint density at radius 3 is 2.40 bits per heavy atom. The highest BCUT2D eigenvalue weighted by Crippen LogP contribution is 2.46. The van der Waals surface area contributed by atoms with Crippen molar-refractivity contribution < 1.29 is 13.2 Å². The summed E-state index contributed by atoms with van der Waals surface area (Å²) in [6.07, 6.45) is 0.711. The molecule has 0 saturated heterocycles. The van der Waals surface area contributed by atoms with Crippen LogP contribution in [-0.2, 0) is 12.7 Å². The van der Waals surface area contributed by atoms with Gasteiger partial charge in [-0.05, 0) is 24.5 Å². The highest BCUT2D eigenvalue weighted by Gasteiger charge is 2.38. The van der Waals surface area contributed by atoms with Gasteiger partial charge in [-0.15, -0.1) is 0 Å². The van der Waals surface area contributed by atoms with Crippen LogP contribution >= 0.6 is 0 Å². The zero-order chi connectivity index (χ0) is 25.2. The first-order chi connectivity index (χ1) is 16.7. The fraction of sp³-hybridized carbons (Fsp3) is 0.273. The van der Waals surface area contributed by atoms with Gasteiger partial charge in [0.15, 0.2) is 0 Å². The SMILES string of the molecule is N#CC(=N)c1c(NCc2ccc(C(F)(F)F)nc2)nc(C2CCC2c2ncc(C#N)cn2)[nH]c1=O. The van der Waals surface area contributed by atoms with E-state index in [-0.39, 0.29) is 29.8 Å². The first-order valence-electron chi connectivity index (χ1n) is 10.3. The second-order valence-corrected chi connectivity index (χ2v) is 7.80. The van der Waals surface area contributed by atoms with Crippen LogP contribution in [0.1, 0.15) is 58.7 Å². The maximum atomic E-state index is 12.8. The third-order valence-electron chi connectivity index (χ3n) is 5.63. The van der Waals surface area contributed by atoms with Crippen molar-refractivity contribution in [1.82, 2.24) is 24.9 Å². The summed E-state index contributed by atoms with van der Waals surface area (Å²) in [7, 11) is 0. The van der Waals surface area contributed by atoms with Gasteiger partial charge in [-0.25, -0.2) is 15.0 Å². The first-order valence-corrected chi connectivity index (χ1v) is 10.3. The third kappa shape index (κ3) is 4.84. The molecule has 1 saturated carbocycles. The molecular formula is C22H16F3N9O. The van der Waals surface area contributed by atoms with Crippen LogP contribution in [0.2, 0.25) is 0 Å². The van der Waals surface area contributed by atoms with Gasteiger partial charge in [0.25, 0.3) is 5.56 Å². The van der Waals surface area contributed by atoms with E-state index in [9.17, 15) is 18.0 Å². The molecule has 1 aliphatic carbocycles. The van der Waals surface area contributed by atoms with E-state index in [1.807, 2.05) is 6.07 Å². The Morgan fingerprint density at radius 1 is 1.14 bits per heavy atom. The zero-order valence-corrected chi connectivity index (χ0v) is 17.9. The van der Waals surface area contributed by atoms with Crippen LogP contribution in [-0.4, -0.2) is 30.6 Å². The number of anilines is 1. The Kier molecular flexibility index (Phi) is 6.25. The normalized spacial score (nSPS) is 17.1. The molecule has 176 valence electrons. The van der Waals surface area contributed by atoms with Gasteiger partial charge in [0.05, 0.1) is 5.56 Å². The quantitative estimate of drug-likeness (QED) is 0.453. The van der Waals surface area contributed by atoms with E-state index < -0.39 is 23.1 Å². The predicted molar refractivity (Wildman–Crippen MR) is 115 cm³/mol. The van der Waals surface area contributed by atoms with Crippen LogP contribution in [0.4, 0.5) is 19.0 Å². The van der Waals surface area contributed by atoms with Gasteiger partial charge in [0, 0.05) is 37.0 Å². The Balaban J connectivity index is 1.61. The standard InChI is InChI=1S/C22H16F3N9O/c23-22(24,25)16-4-1-11(7-29-16)8-32-20-17(15(28)6-27)21(35)34-19(33-20)14-3-2-13(14)18-30-9-12(5-26)10-31-18/h1,4,7,9-10,13-14,28H,2-3,8H2,(H2,32,33,34,35). The largest absolute Gasteiger partial charge is 0.433 e. The molecule has 4 rings (SSSR count). The molecule has 2 unspecified atom stereocenters. The number of hydrogen-bond acceptors (Lipinski definition) is 9. The van der Waals surface area contributed by atoms with E-state index >= 15 is 0 Å². The van der Waals surface area contributed by atoms with E-state index in [0.29, 0.717) is 29.2 Å². The number of halogens is 3. The summed E-state index contributed by atoms with van der Waals surface area (Å²) in [5.41, 5.74) is -1.92. The number of rotatable bonds is 6. The molecule has 35 heavy (non-hydrogen) atoms. The summed E-state index contributed by atoms with van der Waals surface area (Å²) in [6.45, 7) is -0.0421. The molecule has 0 bridgehead atoms. The maximum Gasteiger partial charge on any atom is 0.433 e. The molecule has 1 fully saturated rings. The van der Waals surface area contributed by atoms with Crippen molar-refractivity contribution >= 4 is 11.5 Å². The van der Waals surface area contributed by atoms with Crippen LogP contribution in [0, 0.1) is 28.1 Å². The molecule has 3 aromatic rings. The number of H-pyrrole nitrogens is 1. The number of aromatic nitrogens is 5. The fourth-order valence-corrected chi connectivity index (χ4v) is 3.69. The molecule has 3 N–H and O–H groups in total. The lowest BCUT2D eigenvalue weighted by atomic mass is 9.72. The number of alkyl halides is 3. The predicted octanol–water partition coefficient (Wildman–Crippen LogP) is 3.01. The lowest BCUT2D eigenvalue weighted by Gasteiger charge is -2.34. The highest BCUT2D eigenvalue weighted by atomic mass is 19.4. The lowest BCUT2D eigenvalue weighted by molar-refractivity contribution is -0.141. The number of aromatic amines is 1. The summed E-state index contributed by atoms with van der Waals surface area (Å²) in [5.74, 6) is 0.374. The monoisotopic (exact) mass is 479 g/mol. The van der Waals surface area contributed by atoms with Crippen LogP contribution in [0.5, 0.6) is 0 Å². The van der Waals surface area contributed by atoms with Gasteiger partial charge < -0.3 is 10.3 Å². The van der Waals surface area contributed by atoms with Crippen molar-refractivity contribution in [1.29, 1.82) is 15.9 Å². The fourth-order valence-electron chi connectivity index (χ4n) is 3.69. The smallest absolute Gasteiger partial charge is 0.365 e. The maximum absolute atomic E-state index is 12.8. The van der Waals surface area contributed by atoms with Crippen molar-refractivity contribution in [3.05, 3.63) is 75.1 Å². The Hall–Kier alpha value is -4.65. The minimum atomic E-state index is -4.57. The molecule has 10 nitrogen and oxygen atoms in total. The van der Waals surface area contributed by atoms with Gasteiger partial charge in [0.1, 0.15) is 46.6 Å². The Labute approximate surface area is 196 Å². The average molecular weight is 479 g/mol. The second-order valence-electron chi connectivity index (χ2n) is 7.80. The molecule has 0 aliphatic heterocycles. The van der Waals surface area contributed by atoms with Crippen molar-refractivity contribution in [2.24, 2.45) is 0 Å². The molecule has 3 aromatic heterocycles. The van der Waals surface area contributed by atoms with Crippen LogP contribution in [0.25, 0.3) is 0 Å². The van der Waals surface area contributed by atoms with Crippen LogP contribution in [0.15, 0.2) is 35.5 Å². The molecule has 1 aliphatic rings. The number of nitriles is 2. The van der Waals surface area contributed by atoms with Gasteiger partial charge in [0.2, 0.25) is 0 Å². The van der Waals surface area contributed by atoms with E-state index in [2.05, 4.69) is 30.2 Å². The second kappa shape index (κ2) is 9.30. The average Bonchev–Trinajstić information content (AvgIpc) is 2.81. The highest BCUT2D eigenvalue weighted by molar-refractivity contribution is 6.12. The molecule has 3 heterocycles. The third-order valence-corrected chi connectivity index (χ3v) is 5.63. The number of nitrogens with zero attached hydrogens (tertiary/aromatic N) is 6. The van der Waals surface area contributed by atoms with Crippen molar-refractivity contribution in [2.75, 3.05) is 5.32 Å². The Morgan fingerprint density at radius 2 is 1.86 bits per heavy atom. The van der Waals surface area contributed by atoms with Crippen LogP contribution in [0.3, 0.4) is 0 Å². The molecular weight excluding hydrogens is 463 g/mol. The minimum Gasteiger partial charge on any atom is -0.365 e. The van der Waals surface area contributed by atoms with Crippen molar-refractivity contribution in [3.63, 3.8) is 0 Å². The van der Waals surface area contributed by atoms with Gasteiger partial charge in [-0.1, -0.05) is 6.07 Å². The molecule has 13 heteroatoms. The van der Waals surface area contributed by atoms with Gasteiger partial charge in [-0.2, -0.15) is 23.7 Å². The lowest BCUT2D eigenvalue weighted by Crippen LogP contribution is -2.30. The summed E-state index contributed by atoms with van der Waals surface area (Å²) >= 11 is 0. The molecule has 0 spiro atoms. The van der Waals surface area contributed by atoms with Gasteiger partial charge >= 0.3 is 6.18 Å². The number of hydrogen-bond donors (Lipinski definition) is 3. The van der Waals surface area contributed by atoms with Crippen LogP contribution < -0.4 is 10.9 Å². The molecule has 0 aromatic carbocycles. The summed E-state index contributed by atoms with van der Waals surface area (Å²) in [5, 5.41) is 28.8. The van der Waals surface area contributed by atoms with E-state index in [1.165, 1.54) is 18.5 Å². The number of pyridine rings is 1. The molecule has 0 radical (unpaired) electrons. The van der Waals surface area contributed by atoms with Crippen molar-refractivity contribution in [3.8, 4) is 12.1 Å².